The molecule has 4 bridgehead atoms. The van der Waals surface area contributed by atoms with Gasteiger partial charge in [0, 0.05) is 12.5 Å². The minimum absolute atomic E-state index is 0.0250. The van der Waals surface area contributed by atoms with Crippen molar-refractivity contribution in [2.24, 2.45) is 17.3 Å². The zero-order valence-corrected chi connectivity index (χ0v) is 11.1. The van der Waals surface area contributed by atoms with E-state index in [2.05, 4.69) is 5.32 Å². The highest BCUT2D eigenvalue weighted by molar-refractivity contribution is 5.79. The molecule has 1 N–H and O–H groups in total. The third-order valence-electron chi connectivity index (χ3n) is 5.12. The summed E-state index contributed by atoms with van der Waals surface area (Å²) in [5.74, 6) is 1.12. The molecule has 0 aliphatic heterocycles. The Balaban J connectivity index is 1.92. The van der Waals surface area contributed by atoms with Crippen molar-refractivity contribution >= 4 is 11.9 Å². The Bertz CT molecular complexity index is 390. The molecule has 0 heterocycles. The minimum atomic E-state index is -0.318. The van der Waals surface area contributed by atoms with Crippen LogP contribution in [0, 0.1) is 17.3 Å². The van der Waals surface area contributed by atoms with Crippen LogP contribution in [-0.2, 0) is 14.3 Å². The van der Waals surface area contributed by atoms with Gasteiger partial charge in [0.2, 0.25) is 5.91 Å². The number of hydrogen-bond donors (Lipinski definition) is 1. The van der Waals surface area contributed by atoms with E-state index in [-0.39, 0.29) is 22.8 Å². The quantitative estimate of drug-likeness (QED) is 0.759. The monoisotopic (exact) mass is 251 g/mol. The molecule has 0 radical (unpaired) electrons. The molecule has 4 nitrogen and oxygen atoms in total. The van der Waals surface area contributed by atoms with Gasteiger partial charge in [-0.05, 0) is 50.4 Å². The van der Waals surface area contributed by atoms with E-state index in [1.54, 1.807) is 6.92 Å². The van der Waals surface area contributed by atoms with Gasteiger partial charge in [-0.2, -0.15) is 0 Å². The zero-order valence-electron chi connectivity index (χ0n) is 11.1. The second-order valence-corrected chi connectivity index (χ2v) is 6.69. The van der Waals surface area contributed by atoms with Crippen LogP contribution in [0.2, 0.25) is 0 Å². The maximum atomic E-state index is 12.2. The van der Waals surface area contributed by atoms with Crippen LogP contribution in [0.4, 0.5) is 0 Å². The number of methoxy groups -OCH3 is 1. The number of nitrogens with one attached hydrogen (secondary N) is 1. The highest BCUT2D eigenvalue weighted by Gasteiger charge is 2.61. The molecular formula is C14H21NO3. The van der Waals surface area contributed by atoms with E-state index in [1.807, 2.05) is 0 Å². The zero-order chi connectivity index (χ0) is 13.0. The summed E-state index contributed by atoms with van der Waals surface area (Å²) in [5.41, 5.74) is -0.453. The van der Waals surface area contributed by atoms with Crippen molar-refractivity contribution in [2.45, 2.75) is 51.0 Å². The highest BCUT2D eigenvalue weighted by atomic mass is 16.5. The summed E-state index contributed by atoms with van der Waals surface area (Å²) in [4.78, 5) is 23.6. The van der Waals surface area contributed by atoms with Crippen molar-refractivity contribution in [3.8, 4) is 0 Å². The van der Waals surface area contributed by atoms with Crippen molar-refractivity contribution in [2.75, 3.05) is 7.11 Å². The number of carbonyl (C=O) groups is 2. The smallest absolute Gasteiger partial charge is 0.311 e. The van der Waals surface area contributed by atoms with Gasteiger partial charge in [-0.15, -0.1) is 0 Å². The Morgan fingerprint density at radius 1 is 1.17 bits per heavy atom. The lowest BCUT2D eigenvalue weighted by atomic mass is 9.47. The van der Waals surface area contributed by atoms with Gasteiger partial charge in [-0.1, -0.05) is 0 Å². The van der Waals surface area contributed by atoms with Crippen molar-refractivity contribution in [3.63, 3.8) is 0 Å². The maximum Gasteiger partial charge on any atom is 0.311 e. The van der Waals surface area contributed by atoms with Crippen molar-refractivity contribution in [1.29, 1.82) is 0 Å². The summed E-state index contributed by atoms with van der Waals surface area (Å²) in [7, 11) is 1.48. The lowest BCUT2D eigenvalue weighted by molar-refractivity contribution is -0.173. The van der Waals surface area contributed by atoms with Gasteiger partial charge in [0.1, 0.15) is 0 Å². The third kappa shape index (κ3) is 1.65. The average Bonchev–Trinajstić information content (AvgIpc) is 2.24. The number of ether oxygens (including phenoxy) is 1. The van der Waals surface area contributed by atoms with Gasteiger partial charge >= 0.3 is 5.97 Å². The Hall–Kier alpha value is -1.06. The molecule has 1 amide bonds. The number of carbonyl (C=O) groups excluding carboxylic acids is 2. The van der Waals surface area contributed by atoms with E-state index in [1.165, 1.54) is 13.5 Å². The number of rotatable bonds is 2. The van der Waals surface area contributed by atoms with Gasteiger partial charge < -0.3 is 10.1 Å². The Labute approximate surface area is 107 Å². The summed E-state index contributed by atoms with van der Waals surface area (Å²) < 4.78 is 5.03. The molecule has 4 aliphatic carbocycles. The molecule has 2 atom stereocenters. The molecule has 18 heavy (non-hydrogen) atoms. The largest absolute Gasteiger partial charge is 0.469 e. The van der Waals surface area contributed by atoms with Gasteiger partial charge in [-0.25, -0.2) is 0 Å². The van der Waals surface area contributed by atoms with Crippen molar-refractivity contribution in [3.05, 3.63) is 0 Å². The maximum absolute atomic E-state index is 12.2. The van der Waals surface area contributed by atoms with Crippen LogP contribution in [-0.4, -0.2) is 24.5 Å². The van der Waals surface area contributed by atoms with Crippen LogP contribution in [0.5, 0.6) is 0 Å². The summed E-state index contributed by atoms with van der Waals surface area (Å²) in [5, 5.41) is 3.14. The molecule has 4 rings (SSSR count). The molecule has 0 aromatic carbocycles. The first-order valence-electron chi connectivity index (χ1n) is 6.84. The molecule has 100 valence electrons. The molecule has 0 aromatic rings. The normalized spacial score (nSPS) is 44.8. The van der Waals surface area contributed by atoms with Crippen LogP contribution in [0.3, 0.4) is 0 Å². The van der Waals surface area contributed by atoms with Crippen LogP contribution in [0.15, 0.2) is 0 Å². The van der Waals surface area contributed by atoms with E-state index in [9.17, 15) is 9.59 Å². The van der Waals surface area contributed by atoms with E-state index in [0.29, 0.717) is 11.8 Å². The van der Waals surface area contributed by atoms with Crippen LogP contribution in [0.25, 0.3) is 0 Å². The van der Waals surface area contributed by atoms with E-state index in [4.69, 9.17) is 4.74 Å². The summed E-state index contributed by atoms with van der Waals surface area (Å²) in [6.45, 7) is 1.57. The molecule has 4 saturated carbocycles. The summed E-state index contributed by atoms with van der Waals surface area (Å²) >= 11 is 0. The number of esters is 1. The SMILES string of the molecule is COC(=O)C12C[C@H]3C[C@@H](CC(NC(C)=O)(C3)C1)C2. The Morgan fingerprint density at radius 3 is 2.28 bits per heavy atom. The van der Waals surface area contributed by atoms with Crippen LogP contribution < -0.4 is 5.32 Å². The van der Waals surface area contributed by atoms with E-state index < -0.39 is 0 Å². The van der Waals surface area contributed by atoms with Crippen LogP contribution in [0.1, 0.15) is 45.4 Å². The van der Waals surface area contributed by atoms with Gasteiger partial charge in [-0.3, -0.25) is 9.59 Å². The minimum Gasteiger partial charge on any atom is -0.469 e. The predicted octanol–water partition coefficient (Wildman–Crippen LogP) is 1.63. The summed E-state index contributed by atoms with van der Waals surface area (Å²) in [6.07, 6.45) is 6.00. The first kappa shape index (κ1) is 12.0. The highest BCUT2D eigenvalue weighted by Crippen LogP contribution is 2.61. The van der Waals surface area contributed by atoms with Gasteiger partial charge in [0.05, 0.1) is 12.5 Å². The molecule has 4 aliphatic rings. The lowest BCUT2D eigenvalue weighted by Crippen LogP contribution is -2.64. The molecule has 0 unspecified atom stereocenters. The fraction of sp³-hybridized carbons (Fsp3) is 0.857. The fourth-order valence-electron chi connectivity index (χ4n) is 5.24. The second-order valence-electron chi connectivity index (χ2n) is 6.69. The average molecular weight is 251 g/mol. The topological polar surface area (TPSA) is 55.4 Å². The Morgan fingerprint density at radius 2 is 1.78 bits per heavy atom. The molecule has 4 heteroatoms. The van der Waals surface area contributed by atoms with Crippen molar-refractivity contribution in [1.82, 2.24) is 5.32 Å². The van der Waals surface area contributed by atoms with E-state index >= 15 is 0 Å². The summed E-state index contributed by atoms with van der Waals surface area (Å²) in [6, 6.07) is 0. The molecule has 0 spiro atoms. The Kier molecular flexibility index (Phi) is 2.48. The molecule has 4 fully saturated rings. The van der Waals surface area contributed by atoms with Gasteiger partial charge in [0.25, 0.3) is 0 Å². The third-order valence-corrected chi connectivity index (χ3v) is 5.12. The molecule has 0 aromatic heterocycles. The molecule has 0 saturated heterocycles. The second kappa shape index (κ2) is 3.72. The molecular weight excluding hydrogens is 230 g/mol. The lowest BCUT2D eigenvalue weighted by Gasteiger charge is -2.60. The van der Waals surface area contributed by atoms with E-state index in [0.717, 1.165) is 32.1 Å². The standard InChI is InChI=1S/C14H21NO3/c1-9(16)15-14-6-10-3-11(7-14)5-13(4-10,8-14)12(17)18-2/h10-11H,3-8H2,1-2H3,(H,15,16)/t10-,11-,13?,14?/m1/s1. The number of amides is 1. The fourth-order valence-corrected chi connectivity index (χ4v) is 5.24. The first-order valence-corrected chi connectivity index (χ1v) is 6.84. The van der Waals surface area contributed by atoms with Crippen LogP contribution >= 0.6 is 0 Å². The number of hydrogen-bond acceptors (Lipinski definition) is 3. The first-order chi connectivity index (χ1) is 8.47. The van der Waals surface area contributed by atoms with Gasteiger partial charge in [0.15, 0.2) is 0 Å². The van der Waals surface area contributed by atoms with Crippen molar-refractivity contribution < 1.29 is 14.3 Å². The predicted molar refractivity (Wildman–Crippen MR) is 65.7 cm³/mol.